The first-order valence-corrected chi connectivity index (χ1v) is 8.77. The third kappa shape index (κ3) is 5.43. The maximum Gasteiger partial charge on any atom is 0.00817 e. The fraction of sp³-hybridized carbons (Fsp3) is 1.00. The second-order valence-corrected chi connectivity index (χ2v) is 6.94. The minimum absolute atomic E-state index is 0.677. The van der Waals surface area contributed by atoms with Crippen LogP contribution >= 0.6 is 0 Å². The number of rotatable bonds is 5. The van der Waals surface area contributed by atoms with Crippen LogP contribution in [0.2, 0.25) is 0 Å². The Morgan fingerprint density at radius 3 is 2.84 bits per heavy atom. The Labute approximate surface area is 120 Å². The standard InChI is InChI=1S/C17H34N2/c1-3-15-8-7-10-17(13-15)19-14(2)12-16-9-5-4-6-11-18-16/h14-19H,3-13H2,1-2H3. The first-order chi connectivity index (χ1) is 9.28. The van der Waals surface area contributed by atoms with Gasteiger partial charge in [-0.3, -0.25) is 0 Å². The van der Waals surface area contributed by atoms with E-state index < -0.39 is 0 Å². The van der Waals surface area contributed by atoms with Crippen molar-refractivity contribution in [3.63, 3.8) is 0 Å². The van der Waals surface area contributed by atoms with Gasteiger partial charge in [-0.2, -0.15) is 0 Å². The smallest absolute Gasteiger partial charge is 0.00817 e. The van der Waals surface area contributed by atoms with Crippen LogP contribution < -0.4 is 10.6 Å². The molecule has 0 spiro atoms. The summed E-state index contributed by atoms with van der Waals surface area (Å²) in [6.07, 6.45) is 14.0. The molecule has 0 amide bonds. The second-order valence-electron chi connectivity index (χ2n) is 6.94. The van der Waals surface area contributed by atoms with Crippen LogP contribution in [0.3, 0.4) is 0 Å². The van der Waals surface area contributed by atoms with Crippen LogP contribution in [0.4, 0.5) is 0 Å². The van der Waals surface area contributed by atoms with Gasteiger partial charge in [0.25, 0.3) is 0 Å². The second kappa shape index (κ2) is 8.26. The summed E-state index contributed by atoms with van der Waals surface area (Å²) in [7, 11) is 0. The molecule has 1 aliphatic heterocycles. The van der Waals surface area contributed by atoms with Gasteiger partial charge in [0.15, 0.2) is 0 Å². The van der Waals surface area contributed by atoms with E-state index in [1.807, 2.05) is 0 Å². The molecule has 4 atom stereocenters. The lowest BCUT2D eigenvalue weighted by Gasteiger charge is -2.32. The molecular formula is C17H34N2. The van der Waals surface area contributed by atoms with Gasteiger partial charge in [-0.05, 0) is 51.5 Å². The van der Waals surface area contributed by atoms with Crippen LogP contribution in [0.15, 0.2) is 0 Å². The monoisotopic (exact) mass is 266 g/mol. The maximum atomic E-state index is 3.91. The molecule has 2 heteroatoms. The maximum absolute atomic E-state index is 3.91. The predicted octanol–water partition coefficient (Wildman–Crippen LogP) is 3.86. The first-order valence-electron chi connectivity index (χ1n) is 8.77. The lowest BCUT2D eigenvalue weighted by Crippen LogP contribution is -2.43. The van der Waals surface area contributed by atoms with E-state index in [-0.39, 0.29) is 0 Å². The van der Waals surface area contributed by atoms with Gasteiger partial charge in [-0.15, -0.1) is 0 Å². The van der Waals surface area contributed by atoms with Crippen molar-refractivity contribution < 1.29 is 0 Å². The summed E-state index contributed by atoms with van der Waals surface area (Å²) in [5.74, 6) is 0.981. The SMILES string of the molecule is CCC1CCCC(NC(C)CC2CCCCCN2)C1. The molecular weight excluding hydrogens is 232 g/mol. The van der Waals surface area contributed by atoms with E-state index in [1.165, 1.54) is 70.8 Å². The number of hydrogen-bond acceptors (Lipinski definition) is 2. The zero-order valence-corrected chi connectivity index (χ0v) is 13.1. The fourth-order valence-corrected chi connectivity index (χ4v) is 4.01. The average Bonchev–Trinajstić information content (AvgIpc) is 2.67. The Morgan fingerprint density at radius 1 is 1.11 bits per heavy atom. The molecule has 1 heterocycles. The Kier molecular flexibility index (Phi) is 6.66. The molecule has 1 aliphatic carbocycles. The summed E-state index contributed by atoms with van der Waals surface area (Å²) in [4.78, 5) is 0. The highest BCUT2D eigenvalue weighted by molar-refractivity contribution is 4.82. The van der Waals surface area contributed by atoms with E-state index in [4.69, 9.17) is 0 Å². The topological polar surface area (TPSA) is 24.1 Å². The first kappa shape index (κ1) is 15.3. The molecule has 112 valence electrons. The van der Waals surface area contributed by atoms with Gasteiger partial charge in [0.1, 0.15) is 0 Å². The third-order valence-electron chi connectivity index (χ3n) is 5.18. The molecule has 0 aromatic rings. The summed E-state index contributed by atoms with van der Waals surface area (Å²) in [5, 5.41) is 7.64. The van der Waals surface area contributed by atoms with Gasteiger partial charge in [0, 0.05) is 18.1 Å². The minimum Gasteiger partial charge on any atom is -0.314 e. The van der Waals surface area contributed by atoms with Crippen molar-refractivity contribution >= 4 is 0 Å². The normalized spacial score (nSPS) is 34.7. The molecule has 19 heavy (non-hydrogen) atoms. The lowest BCUT2D eigenvalue weighted by atomic mass is 9.84. The van der Waals surface area contributed by atoms with E-state index in [0.29, 0.717) is 6.04 Å². The van der Waals surface area contributed by atoms with Crippen LogP contribution in [0, 0.1) is 5.92 Å². The molecule has 2 rings (SSSR count). The van der Waals surface area contributed by atoms with Crippen molar-refractivity contribution in [3.8, 4) is 0 Å². The Hall–Kier alpha value is -0.0800. The zero-order chi connectivity index (χ0) is 13.5. The van der Waals surface area contributed by atoms with Gasteiger partial charge in [0.2, 0.25) is 0 Å². The highest BCUT2D eigenvalue weighted by atomic mass is 15.0. The average molecular weight is 266 g/mol. The van der Waals surface area contributed by atoms with E-state index in [0.717, 1.165) is 18.0 Å². The molecule has 2 fully saturated rings. The van der Waals surface area contributed by atoms with Crippen LogP contribution in [-0.4, -0.2) is 24.7 Å². The largest absolute Gasteiger partial charge is 0.314 e. The van der Waals surface area contributed by atoms with Crippen LogP contribution in [-0.2, 0) is 0 Å². The number of nitrogens with one attached hydrogen (secondary N) is 2. The van der Waals surface area contributed by atoms with Crippen LogP contribution in [0.5, 0.6) is 0 Å². The van der Waals surface area contributed by atoms with Crippen molar-refractivity contribution in [1.82, 2.24) is 10.6 Å². The quantitative estimate of drug-likeness (QED) is 0.789. The van der Waals surface area contributed by atoms with Gasteiger partial charge in [-0.1, -0.05) is 39.0 Å². The van der Waals surface area contributed by atoms with E-state index in [1.54, 1.807) is 0 Å². The van der Waals surface area contributed by atoms with Crippen molar-refractivity contribution in [1.29, 1.82) is 0 Å². The molecule has 2 aliphatic rings. The Bertz CT molecular complexity index is 233. The van der Waals surface area contributed by atoms with E-state index in [2.05, 4.69) is 24.5 Å². The van der Waals surface area contributed by atoms with Crippen LogP contribution in [0.1, 0.15) is 78.1 Å². The summed E-state index contributed by atoms with van der Waals surface area (Å²) in [5.41, 5.74) is 0. The number of hydrogen-bond donors (Lipinski definition) is 2. The molecule has 0 aromatic carbocycles. The van der Waals surface area contributed by atoms with Gasteiger partial charge >= 0.3 is 0 Å². The molecule has 0 bridgehead atoms. The predicted molar refractivity (Wildman–Crippen MR) is 83.5 cm³/mol. The third-order valence-corrected chi connectivity index (χ3v) is 5.18. The van der Waals surface area contributed by atoms with Gasteiger partial charge in [-0.25, -0.2) is 0 Å². The summed E-state index contributed by atoms with van der Waals surface area (Å²) >= 11 is 0. The van der Waals surface area contributed by atoms with Crippen LogP contribution in [0.25, 0.3) is 0 Å². The molecule has 0 aromatic heterocycles. The minimum atomic E-state index is 0.677. The molecule has 1 saturated heterocycles. The highest BCUT2D eigenvalue weighted by Gasteiger charge is 2.23. The van der Waals surface area contributed by atoms with Gasteiger partial charge in [0.05, 0.1) is 0 Å². The summed E-state index contributed by atoms with van der Waals surface area (Å²) in [6, 6.07) is 2.23. The van der Waals surface area contributed by atoms with E-state index >= 15 is 0 Å². The van der Waals surface area contributed by atoms with Crippen molar-refractivity contribution in [2.45, 2.75) is 96.2 Å². The van der Waals surface area contributed by atoms with Crippen molar-refractivity contribution in [2.24, 2.45) is 5.92 Å². The lowest BCUT2D eigenvalue weighted by molar-refractivity contribution is 0.255. The molecule has 0 radical (unpaired) electrons. The molecule has 2 N–H and O–H groups in total. The van der Waals surface area contributed by atoms with Crippen molar-refractivity contribution in [2.75, 3.05) is 6.54 Å². The fourth-order valence-electron chi connectivity index (χ4n) is 4.01. The Balaban J connectivity index is 1.69. The van der Waals surface area contributed by atoms with Gasteiger partial charge < -0.3 is 10.6 Å². The Morgan fingerprint density at radius 2 is 2.00 bits per heavy atom. The molecule has 1 saturated carbocycles. The molecule has 2 nitrogen and oxygen atoms in total. The molecule has 4 unspecified atom stereocenters. The summed E-state index contributed by atoms with van der Waals surface area (Å²) < 4.78 is 0. The zero-order valence-electron chi connectivity index (χ0n) is 13.1. The highest BCUT2D eigenvalue weighted by Crippen LogP contribution is 2.27. The summed E-state index contributed by atoms with van der Waals surface area (Å²) in [6.45, 7) is 5.98. The van der Waals surface area contributed by atoms with E-state index in [9.17, 15) is 0 Å². The van der Waals surface area contributed by atoms with Crippen molar-refractivity contribution in [3.05, 3.63) is 0 Å².